The van der Waals surface area contributed by atoms with Gasteiger partial charge in [0, 0.05) is 32.0 Å². The van der Waals surface area contributed by atoms with Gasteiger partial charge in [-0.3, -0.25) is 13.9 Å². The molecular weight excluding hydrogens is 330 g/mol. The molecule has 0 saturated carbocycles. The number of hydrogen-bond donors (Lipinski definition) is 1. The third-order valence-corrected chi connectivity index (χ3v) is 5.15. The average Bonchev–Trinajstić information content (AvgIpc) is 3.10. The van der Waals surface area contributed by atoms with Crippen molar-refractivity contribution < 1.29 is 4.79 Å². The van der Waals surface area contributed by atoms with E-state index in [-0.39, 0.29) is 23.1 Å². The molecule has 4 rings (SSSR count). The fourth-order valence-electron chi connectivity index (χ4n) is 3.77. The number of rotatable bonds is 1. The summed E-state index contributed by atoms with van der Waals surface area (Å²) in [5.41, 5.74) is 3.50. The number of carbonyl (C=O) groups is 1. The van der Waals surface area contributed by atoms with E-state index in [1.807, 2.05) is 29.1 Å². The lowest BCUT2D eigenvalue weighted by Gasteiger charge is -2.28. The lowest BCUT2D eigenvalue weighted by Crippen LogP contribution is -2.30. The summed E-state index contributed by atoms with van der Waals surface area (Å²) >= 11 is 0. The number of nitrogens with zero attached hydrogens (tertiary/aromatic N) is 4. The molecular formula is C19H23N5O2. The molecule has 2 aromatic heterocycles. The fourth-order valence-corrected chi connectivity index (χ4v) is 3.77. The maximum atomic E-state index is 12.4. The van der Waals surface area contributed by atoms with E-state index in [0.29, 0.717) is 6.42 Å². The second-order valence-corrected chi connectivity index (χ2v) is 7.98. The Hall–Kier alpha value is -2.83. The van der Waals surface area contributed by atoms with Crippen molar-refractivity contribution in [1.82, 2.24) is 18.9 Å². The van der Waals surface area contributed by atoms with Crippen LogP contribution in [-0.4, -0.2) is 24.8 Å². The molecule has 1 aliphatic rings. The van der Waals surface area contributed by atoms with Gasteiger partial charge in [0.1, 0.15) is 5.82 Å². The van der Waals surface area contributed by atoms with Crippen LogP contribution in [0.5, 0.6) is 0 Å². The van der Waals surface area contributed by atoms with E-state index in [2.05, 4.69) is 31.2 Å². The van der Waals surface area contributed by atoms with Crippen LogP contribution in [0.15, 0.2) is 29.2 Å². The second kappa shape index (κ2) is 5.33. The molecule has 3 heterocycles. The largest absolute Gasteiger partial charge is 0.328 e. The van der Waals surface area contributed by atoms with E-state index < -0.39 is 0 Å². The zero-order valence-electron chi connectivity index (χ0n) is 15.7. The van der Waals surface area contributed by atoms with Gasteiger partial charge in [0.25, 0.3) is 0 Å². The SMILES string of the molecule is Cn1c(=O)n(C)c2cc(C3CC(=O)Nc4c3cnn4C(C)(C)C)ccc21. The molecule has 1 atom stereocenters. The van der Waals surface area contributed by atoms with Crippen LogP contribution in [0.2, 0.25) is 0 Å². The summed E-state index contributed by atoms with van der Waals surface area (Å²) in [6, 6.07) is 5.97. The molecule has 7 nitrogen and oxygen atoms in total. The monoisotopic (exact) mass is 353 g/mol. The molecule has 1 amide bonds. The van der Waals surface area contributed by atoms with Crippen molar-refractivity contribution in [3.8, 4) is 0 Å². The van der Waals surface area contributed by atoms with Gasteiger partial charge < -0.3 is 5.32 Å². The Kier molecular flexibility index (Phi) is 3.41. The molecule has 0 radical (unpaired) electrons. The van der Waals surface area contributed by atoms with Gasteiger partial charge in [0.2, 0.25) is 5.91 Å². The van der Waals surface area contributed by atoms with Crippen molar-refractivity contribution in [3.63, 3.8) is 0 Å². The van der Waals surface area contributed by atoms with Crippen LogP contribution >= 0.6 is 0 Å². The second-order valence-electron chi connectivity index (χ2n) is 7.98. The Morgan fingerprint density at radius 2 is 1.81 bits per heavy atom. The van der Waals surface area contributed by atoms with Crippen molar-refractivity contribution in [2.45, 2.75) is 38.6 Å². The quantitative estimate of drug-likeness (QED) is 0.729. The van der Waals surface area contributed by atoms with E-state index >= 15 is 0 Å². The molecule has 26 heavy (non-hydrogen) atoms. The molecule has 1 aliphatic heterocycles. The fraction of sp³-hybridized carbons (Fsp3) is 0.421. The third kappa shape index (κ3) is 2.30. The highest BCUT2D eigenvalue weighted by Crippen LogP contribution is 2.39. The zero-order valence-corrected chi connectivity index (χ0v) is 15.7. The summed E-state index contributed by atoms with van der Waals surface area (Å²) in [7, 11) is 3.54. The smallest absolute Gasteiger partial charge is 0.311 e. The zero-order chi connectivity index (χ0) is 18.8. The number of benzene rings is 1. The van der Waals surface area contributed by atoms with Gasteiger partial charge in [-0.1, -0.05) is 6.07 Å². The van der Waals surface area contributed by atoms with E-state index in [1.54, 1.807) is 23.2 Å². The summed E-state index contributed by atoms with van der Waals surface area (Å²) < 4.78 is 5.14. The van der Waals surface area contributed by atoms with E-state index in [9.17, 15) is 9.59 Å². The minimum Gasteiger partial charge on any atom is -0.311 e. The third-order valence-electron chi connectivity index (χ3n) is 5.15. The van der Waals surface area contributed by atoms with E-state index in [1.165, 1.54) is 0 Å². The van der Waals surface area contributed by atoms with Crippen LogP contribution < -0.4 is 11.0 Å². The Labute approximate surface area is 151 Å². The van der Waals surface area contributed by atoms with Crippen molar-refractivity contribution in [1.29, 1.82) is 0 Å². The number of amides is 1. The van der Waals surface area contributed by atoms with Gasteiger partial charge in [0.15, 0.2) is 0 Å². The Bertz CT molecular complexity index is 1090. The summed E-state index contributed by atoms with van der Waals surface area (Å²) in [5.74, 6) is 0.672. The Morgan fingerprint density at radius 1 is 1.12 bits per heavy atom. The Morgan fingerprint density at radius 3 is 2.50 bits per heavy atom. The van der Waals surface area contributed by atoms with Crippen LogP contribution in [-0.2, 0) is 24.4 Å². The van der Waals surface area contributed by atoms with Gasteiger partial charge in [-0.05, 0) is 38.5 Å². The van der Waals surface area contributed by atoms with Gasteiger partial charge in [0.05, 0.1) is 22.8 Å². The highest BCUT2D eigenvalue weighted by Gasteiger charge is 2.32. The maximum absolute atomic E-state index is 12.4. The highest BCUT2D eigenvalue weighted by atomic mass is 16.2. The lowest BCUT2D eigenvalue weighted by molar-refractivity contribution is -0.116. The van der Waals surface area contributed by atoms with Crippen molar-refractivity contribution in [2.75, 3.05) is 5.32 Å². The maximum Gasteiger partial charge on any atom is 0.328 e. The van der Waals surface area contributed by atoms with Crippen LogP contribution in [0.25, 0.3) is 11.0 Å². The molecule has 1 aromatic carbocycles. The summed E-state index contributed by atoms with van der Waals surface area (Å²) in [6.45, 7) is 6.17. The summed E-state index contributed by atoms with van der Waals surface area (Å²) in [6.07, 6.45) is 2.22. The van der Waals surface area contributed by atoms with E-state index in [4.69, 9.17) is 0 Å². The molecule has 1 unspecified atom stereocenters. The van der Waals surface area contributed by atoms with Gasteiger partial charge in [-0.25, -0.2) is 9.48 Å². The number of imidazole rings is 1. The van der Waals surface area contributed by atoms with Crippen LogP contribution in [0, 0.1) is 0 Å². The number of aryl methyl sites for hydroxylation is 2. The van der Waals surface area contributed by atoms with Crippen LogP contribution in [0.1, 0.15) is 44.2 Å². The minimum atomic E-state index is -0.226. The number of nitrogens with one attached hydrogen (secondary N) is 1. The topological polar surface area (TPSA) is 73.8 Å². The van der Waals surface area contributed by atoms with Crippen molar-refractivity contribution >= 4 is 22.8 Å². The average molecular weight is 353 g/mol. The Balaban J connectivity index is 1.89. The summed E-state index contributed by atoms with van der Waals surface area (Å²) in [4.78, 5) is 24.6. The van der Waals surface area contributed by atoms with Crippen LogP contribution in [0.3, 0.4) is 0 Å². The molecule has 1 N–H and O–H groups in total. The normalized spacial score (nSPS) is 17.4. The number of anilines is 1. The molecule has 7 heteroatoms. The highest BCUT2D eigenvalue weighted by molar-refractivity contribution is 5.94. The number of fused-ring (bicyclic) bond motifs is 2. The predicted octanol–water partition coefficient (Wildman–Crippen LogP) is 2.30. The molecule has 0 spiro atoms. The first-order valence-corrected chi connectivity index (χ1v) is 8.72. The van der Waals surface area contributed by atoms with Crippen molar-refractivity contribution in [3.05, 3.63) is 46.0 Å². The van der Waals surface area contributed by atoms with Gasteiger partial charge in [-0.15, -0.1) is 0 Å². The molecule has 0 aliphatic carbocycles. The number of carbonyl (C=O) groups excluding carboxylic acids is 1. The van der Waals surface area contributed by atoms with Crippen LogP contribution in [0.4, 0.5) is 5.82 Å². The predicted molar refractivity (Wildman–Crippen MR) is 100 cm³/mol. The minimum absolute atomic E-state index is 0.0180. The first kappa shape index (κ1) is 16.6. The standard InChI is InChI=1S/C19H23N5O2/c1-19(2,3)24-17-13(10-20-24)12(9-16(25)21-17)11-6-7-14-15(8-11)23(5)18(26)22(14)4/h6-8,10,12H,9H2,1-5H3,(H,21,25). The molecule has 136 valence electrons. The van der Waals surface area contributed by atoms with E-state index in [0.717, 1.165) is 28.0 Å². The molecule has 0 fully saturated rings. The van der Waals surface area contributed by atoms with Gasteiger partial charge in [-0.2, -0.15) is 5.10 Å². The van der Waals surface area contributed by atoms with Gasteiger partial charge >= 0.3 is 5.69 Å². The first-order valence-electron chi connectivity index (χ1n) is 8.72. The number of aromatic nitrogens is 4. The summed E-state index contributed by atoms with van der Waals surface area (Å²) in [5, 5.41) is 7.50. The number of hydrogen-bond acceptors (Lipinski definition) is 3. The van der Waals surface area contributed by atoms with Crippen molar-refractivity contribution in [2.24, 2.45) is 14.1 Å². The molecule has 0 bridgehead atoms. The molecule has 0 saturated heterocycles. The molecule has 3 aromatic rings. The lowest BCUT2D eigenvalue weighted by atomic mass is 9.87. The first-order chi connectivity index (χ1) is 12.2.